The standard InChI is InChI=1S/C7H3Cl3NO2/c8-5-1-4(2-13-3-12)11-7(10)6(5)9/h1H,2H2. The summed E-state index contributed by atoms with van der Waals surface area (Å²) in [5, 5.41) is 0.534. The zero-order chi connectivity index (χ0) is 9.84. The highest BCUT2D eigenvalue weighted by molar-refractivity contribution is 6.47. The first-order valence-electron chi connectivity index (χ1n) is 3.14. The summed E-state index contributed by atoms with van der Waals surface area (Å²) in [7, 11) is 0. The average Bonchev–Trinajstić information content (AvgIpc) is 2.10. The topological polar surface area (TPSA) is 39.2 Å². The van der Waals surface area contributed by atoms with E-state index in [1.165, 1.54) is 12.5 Å². The second-order valence-corrected chi connectivity index (χ2v) is 3.22. The van der Waals surface area contributed by atoms with Crippen molar-refractivity contribution in [3.8, 4) is 0 Å². The molecule has 0 saturated heterocycles. The molecule has 0 spiro atoms. The van der Waals surface area contributed by atoms with Gasteiger partial charge in [0.05, 0.1) is 15.7 Å². The van der Waals surface area contributed by atoms with E-state index < -0.39 is 0 Å². The van der Waals surface area contributed by atoms with Crippen molar-refractivity contribution in [3.63, 3.8) is 0 Å². The highest BCUT2D eigenvalue weighted by atomic mass is 35.5. The minimum absolute atomic E-state index is 0.0277. The Morgan fingerprint density at radius 3 is 2.69 bits per heavy atom. The maximum atomic E-state index is 9.75. The van der Waals surface area contributed by atoms with Crippen LogP contribution in [0.15, 0.2) is 6.07 Å². The van der Waals surface area contributed by atoms with E-state index >= 15 is 0 Å². The molecule has 0 atom stereocenters. The van der Waals surface area contributed by atoms with Crippen molar-refractivity contribution in [3.05, 3.63) is 27.0 Å². The summed E-state index contributed by atoms with van der Waals surface area (Å²) < 4.78 is 4.34. The third-order valence-corrected chi connectivity index (χ3v) is 2.35. The summed E-state index contributed by atoms with van der Waals surface area (Å²) in [6, 6.07) is 1.47. The lowest BCUT2D eigenvalue weighted by Crippen LogP contribution is -1.94. The number of hydrogen-bond acceptors (Lipinski definition) is 3. The lowest BCUT2D eigenvalue weighted by Gasteiger charge is -2.02. The molecular weight excluding hydrogens is 236 g/mol. The summed E-state index contributed by atoms with van der Waals surface area (Å²) in [6.07, 6.45) is 0. The number of halogens is 3. The van der Waals surface area contributed by atoms with Crippen LogP contribution in [0.3, 0.4) is 0 Å². The van der Waals surface area contributed by atoms with Gasteiger partial charge in [0.15, 0.2) is 0 Å². The molecule has 0 amide bonds. The molecule has 0 fully saturated rings. The average molecular weight is 239 g/mol. The maximum Gasteiger partial charge on any atom is 0.417 e. The van der Waals surface area contributed by atoms with E-state index in [0.29, 0.717) is 5.69 Å². The van der Waals surface area contributed by atoms with Gasteiger partial charge in [0, 0.05) is 0 Å². The second-order valence-electron chi connectivity index (χ2n) is 2.07. The fraction of sp³-hybridized carbons (Fsp3) is 0.143. The van der Waals surface area contributed by atoms with Gasteiger partial charge in [-0.1, -0.05) is 34.8 Å². The second kappa shape index (κ2) is 4.65. The Bertz CT molecular complexity index is 307. The molecule has 1 aromatic rings. The Balaban J connectivity index is 2.92. The zero-order valence-electron chi connectivity index (χ0n) is 6.18. The quantitative estimate of drug-likeness (QED) is 0.761. The summed E-state index contributed by atoms with van der Waals surface area (Å²) in [5.41, 5.74) is 0.419. The van der Waals surface area contributed by atoms with Crippen LogP contribution in [0.25, 0.3) is 0 Å². The van der Waals surface area contributed by atoms with Crippen LogP contribution in [0, 0.1) is 0 Å². The smallest absolute Gasteiger partial charge is 0.417 e. The summed E-state index contributed by atoms with van der Waals surface area (Å²) in [4.78, 5) is 13.6. The van der Waals surface area contributed by atoms with Gasteiger partial charge in [-0.25, -0.2) is 9.78 Å². The molecule has 0 aliphatic carbocycles. The molecule has 0 unspecified atom stereocenters. The molecule has 1 rings (SSSR count). The first-order valence-corrected chi connectivity index (χ1v) is 4.28. The number of ether oxygens (including phenoxy) is 1. The Hall–Kier alpha value is -0.510. The molecule has 1 heterocycles. The van der Waals surface area contributed by atoms with Crippen LogP contribution in [-0.2, 0) is 16.1 Å². The number of pyridine rings is 1. The summed E-state index contributed by atoms with van der Waals surface area (Å²) in [5.74, 6) is 0. The number of aromatic nitrogens is 1. The zero-order valence-corrected chi connectivity index (χ0v) is 8.45. The van der Waals surface area contributed by atoms with Crippen LogP contribution < -0.4 is 0 Å². The predicted octanol–water partition coefficient (Wildman–Crippen LogP) is 2.63. The summed E-state index contributed by atoms with van der Waals surface area (Å²) >= 11 is 16.9. The lowest BCUT2D eigenvalue weighted by molar-refractivity contribution is 0.263. The minimum Gasteiger partial charge on any atom is -0.451 e. The Kier molecular flexibility index (Phi) is 3.78. The Labute approximate surface area is 89.6 Å². The van der Waals surface area contributed by atoms with Crippen LogP contribution >= 0.6 is 34.8 Å². The minimum atomic E-state index is -0.0277. The molecule has 69 valence electrons. The molecule has 13 heavy (non-hydrogen) atoms. The third kappa shape index (κ3) is 2.72. The number of carbonyl (C=O) groups excluding carboxylic acids is 1. The Morgan fingerprint density at radius 1 is 1.46 bits per heavy atom. The Morgan fingerprint density at radius 2 is 2.15 bits per heavy atom. The molecule has 6 heteroatoms. The van der Waals surface area contributed by atoms with Gasteiger partial charge in [-0.05, 0) is 6.07 Å². The normalized spacial score (nSPS) is 9.77. The molecule has 0 aromatic carbocycles. The molecular formula is C7H3Cl3NO2. The van der Waals surface area contributed by atoms with Crippen molar-refractivity contribution in [1.82, 2.24) is 4.98 Å². The predicted molar refractivity (Wildman–Crippen MR) is 49.7 cm³/mol. The molecule has 0 aliphatic heterocycles. The number of nitrogens with zero attached hydrogens (tertiary/aromatic N) is 1. The maximum absolute atomic E-state index is 9.75. The first-order chi connectivity index (χ1) is 6.15. The highest BCUT2D eigenvalue weighted by Crippen LogP contribution is 2.28. The number of rotatable bonds is 3. The van der Waals surface area contributed by atoms with Crippen LogP contribution in [0.2, 0.25) is 15.2 Å². The number of hydrogen-bond donors (Lipinski definition) is 0. The lowest BCUT2D eigenvalue weighted by atomic mass is 10.4. The van der Waals surface area contributed by atoms with Gasteiger partial charge in [0.1, 0.15) is 11.8 Å². The largest absolute Gasteiger partial charge is 0.451 e. The van der Waals surface area contributed by atoms with Crippen molar-refractivity contribution in [2.75, 3.05) is 0 Å². The van der Waals surface area contributed by atoms with Crippen molar-refractivity contribution in [2.24, 2.45) is 0 Å². The fourth-order valence-electron chi connectivity index (χ4n) is 0.693. The van der Waals surface area contributed by atoms with E-state index in [1.807, 2.05) is 0 Å². The van der Waals surface area contributed by atoms with Gasteiger partial charge in [-0.3, -0.25) is 0 Å². The molecule has 3 nitrogen and oxygen atoms in total. The van der Waals surface area contributed by atoms with Crippen molar-refractivity contribution < 1.29 is 9.53 Å². The van der Waals surface area contributed by atoms with E-state index in [9.17, 15) is 4.79 Å². The first kappa shape index (κ1) is 10.6. The highest BCUT2D eigenvalue weighted by Gasteiger charge is 2.07. The van der Waals surface area contributed by atoms with Crippen LogP contribution in [0.4, 0.5) is 0 Å². The van der Waals surface area contributed by atoms with E-state index in [0.717, 1.165) is 0 Å². The van der Waals surface area contributed by atoms with Gasteiger partial charge in [-0.15, -0.1) is 0 Å². The fourth-order valence-corrected chi connectivity index (χ4v) is 1.26. The van der Waals surface area contributed by atoms with Crippen LogP contribution in [-0.4, -0.2) is 11.5 Å². The van der Waals surface area contributed by atoms with E-state index in [-0.39, 0.29) is 21.8 Å². The van der Waals surface area contributed by atoms with E-state index in [2.05, 4.69) is 9.72 Å². The molecule has 1 aromatic heterocycles. The molecule has 0 bridgehead atoms. The van der Waals surface area contributed by atoms with Gasteiger partial charge in [-0.2, -0.15) is 0 Å². The monoisotopic (exact) mass is 238 g/mol. The SMILES string of the molecule is O=[C]OCc1cc(Cl)c(Cl)c(Cl)n1. The van der Waals surface area contributed by atoms with Crippen LogP contribution in [0.5, 0.6) is 0 Å². The van der Waals surface area contributed by atoms with Crippen molar-refractivity contribution in [2.45, 2.75) is 6.61 Å². The summed E-state index contributed by atoms with van der Waals surface area (Å²) in [6.45, 7) is 1.23. The van der Waals surface area contributed by atoms with Gasteiger partial charge in [0.25, 0.3) is 0 Å². The van der Waals surface area contributed by atoms with E-state index in [1.54, 1.807) is 0 Å². The van der Waals surface area contributed by atoms with Gasteiger partial charge in [0.2, 0.25) is 0 Å². The molecule has 0 aliphatic rings. The van der Waals surface area contributed by atoms with Gasteiger partial charge < -0.3 is 4.74 Å². The van der Waals surface area contributed by atoms with Gasteiger partial charge >= 0.3 is 6.47 Å². The van der Waals surface area contributed by atoms with Crippen molar-refractivity contribution >= 4 is 41.3 Å². The van der Waals surface area contributed by atoms with E-state index in [4.69, 9.17) is 34.8 Å². The third-order valence-electron chi connectivity index (χ3n) is 1.20. The molecule has 1 radical (unpaired) electrons. The van der Waals surface area contributed by atoms with Crippen LogP contribution in [0.1, 0.15) is 5.69 Å². The van der Waals surface area contributed by atoms with Crippen molar-refractivity contribution in [1.29, 1.82) is 0 Å². The molecule has 0 N–H and O–H groups in total. The molecule has 0 saturated carbocycles.